The Morgan fingerprint density at radius 1 is 0.571 bits per heavy atom. The van der Waals surface area contributed by atoms with Crippen LogP contribution in [0.1, 0.15) is 25.8 Å². The van der Waals surface area contributed by atoms with Gasteiger partial charge in [0.15, 0.2) is 0 Å². The van der Waals surface area contributed by atoms with Gasteiger partial charge in [0.25, 0.3) is 0 Å². The fourth-order valence-electron chi connectivity index (χ4n) is 6.70. The lowest BCUT2D eigenvalue weighted by Crippen LogP contribution is -2.01. The first-order valence-electron chi connectivity index (χ1n) is 14.7. The summed E-state index contributed by atoms with van der Waals surface area (Å²) in [5, 5.41) is 2.57. The van der Waals surface area contributed by atoms with E-state index in [-0.39, 0.29) is 0 Å². The molecule has 1 heteroatoms. The van der Waals surface area contributed by atoms with Crippen LogP contribution in [-0.4, -0.2) is 0 Å². The van der Waals surface area contributed by atoms with Gasteiger partial charge in [-0.15, -0.1) is 0 Å². The average molecular weight is 604 g/mol. The molecule has 1 aliphatic carbocycles. The Morgan fingerprint density at radius 3 is 1.69 bits per heavy atom. The van der Waals surface area contributed by atoms with E-state index < -0.39 is 0 Å². The van der Waals surface area contributed by atoms with Crippen LogP contribution in [0.5, 0.6) is 0 Å². The summed E-state index contributed by atoms with van der Waals surface area (Å²) in [5.74, 6) is 0. The lowest BCUT2D eigenvalue weighted by molar-refractivity contribution is 1.23. The average Bonchev–Trinajstić information content (AvgIpc) is 3.38. The topological polar surface area (TPSA) is 0 Å². The quantitative estimate of drug-likeness (QED) is 0.166. The predicted molar refractivity (Wildman–Crippen MR) is 185 cm³/mol. The van der Waals surface area contributed by atoms with E-state index in [2.05, 4.69) is 169 Å². The Kier molecular flexibility index (Phi) is 6.98. The molecule has 0 spiro atoms. The van der Waals surface area contributed by atoms with Crippen molar-refractivity contribution in [2.45, 2.75) is 20.3 Å². The van der Waals surface area contributed by atoms with Gasteiger partial charge in [0.2, 0.25) is 0 Å². The highest BCUT2D eigenvalue weighted by molar-refractivity contribution is 9.10. The highest BCUT2D eigenvalue weighted by Crippen LogP contribution is 2.60. The van der Waals surface area contributed by atoms with Crippen LogP contribution in [0.4, 0.5) is 0 Å². The Bertz CT molecular complexity index is 2000. The van der Waals surface area contributed by atoms with E-state index in [9.17, 15) is 0 Å². The van der Waals surface area contributed by atoms with Crippen LogP contribution in [0.2, 0.25) is 0 Å². The van der Waals surface area contributed by atoms with E-state index >= 15 is 0 Å². The van der Waals surface area contributed by atoms with Gasteiger partial charge in [-0.1, -0.05) is 156 Å². The Labute approximate surface area is 256 Å². The van der Waals surface area contributed by atoms with Crippen molar-refractivity contribution in [1.29, 1.82) is 0 Å². The molecule has 0 unspecified atom stereocenters. The van der Waals surface area contributed by atoms with E-state index in [4.69, 9.17) is 0 Å². The summed E-state index contributed by atoms with van der Waals surface area (Å²) in [6.45, 7) is 4.35. The van der Waals surface area contributed by atoms with Crippen LogP contribution in [0, 0.1) is 0 Å². The van der Waals surface area contributed by atoms with E-state index in [0.717, 1.165) is 10.9 Å². The number of benzene rings is 6. The normalized spacial score (nSPS) is 12.3. The van der Waals surface area contributed by atoms with Crippen molar-refractivity contribution in [2.75, 3.05) is 0 Å². The minimum Gasteiger partial charge on any atom is -0.0871 e. The summed E-state index contributed by atoms with van der Waals surface area (Å²) >= 11 is 3.88. The van der Waals surface area contributed by atoms with Crippen molar-refractivity contribution in [3.05, 3.63) is 150 Å². The van der Waals surface area contributed by atoms with Crippen LogP contribution in [0.3, 0.4) is 0 Å². The van der Waals surface area contributed by atoms with Gasteiger partial charge < -0.3 is 0 Å². The Hall–Kier alpha value is -4.46. The van der Waals surface area contributed by atoms with Gasteiger partial charge >= 0.3 is 0 Å². The summed E-state index contributed by atoms with van der Waals surface area (Å²) in [6, 6.07) is 44.2. The van der Waals surface area contributed by atoms with Crippen molar-refractivity contribution in [2.24, 2.45) is 0 Å². The van der Waals surface area contributed by atoms with Crippen LogP contribution < -0.4 is 0 Å². The molecule has 0 saturated carbocycles. The summed E-state index contributed by atoms with van der Waals surface area (Å²) in [6.07, 6.45) is 7.81. The van der Waals surface area contributed by atoms with Crippen molar-refractivity contribution in [3.63, 3.8) is 0 Å². The maximum atomic E-state index is 3.88. The molecule has 6 aromatic rings. The van der Waals surface area contributed by atoms with Gasteiger partial charge in [0.1, 0.15) is 0 Å². The predicted octanol–water partition coefficient (Wildman–Crippen LogP) is 12.6. The summed E-state index contributed by atoms with van der Waals surface area (Å²) in [7, 11) is 0. The summed E-state index contributed by atoms with van der Waals surface area (Å²) < 4.78 is 1.13. The van der Waals surface area contributed by atoms with Crippen LogP contribution >= 0.6 is 15.9 Å². The molecule has 0 radical (unpaired) electrons. The lowest BCUT2D eigenvalue weighted by atomic mass is 9.76. The van der Waals surface area contributed by atoms with Crippen LogP contribution in [0.15, 0.2) is 144 Å². The van der Waals surface area contributed by atoms with Gasteiger partial charge in [0, 0.05) is 4.47 Å². The summed E-state index contributed by atoms with van der Waals surface area (Å²) in [4.78, 5) is 0. The van der Waals surface area contributed by atoms with Gasteiger partial charge in [0.05, 0.1) is 0 Å². The van der Waals surface area contributed by atoms with E-state index in [1.807, 2.05) is 0 Å². The van der Waals surface area contributed by atoms with Crippen LogP contribution in [-0.2, 0) is 0 Å². The molecule has 202 valence electrons. The van der Waals surface area contributed by atoms with Gasteiger partial charge in [-0.25, -0.2) is 0 Å². The molecule has 0 aliphatic heterocycles. The molecule has 0 amide bonds. The molecule has 0 nitrogen and oxygen atoms in total. The molecule has 1 aliphatic rings. The molecule has 0 fully saturated rings. The minimum atomic E-state index is 0.951. The molecular weight excluding hydrogens is 572 g/mol. The van der Waals surface area contributed by atoms with Crippen molar-refractivity contribution in [1.82, 2.24) is 0 Å². The molecule has 0 heterocycles. The maximum Gasteiger partial charge on any atom is 0.0254 e. The number of allylic oxidation sites excluding steroid dienone is 4. The molecule has 6 aromatic carbocycles. The maximum absolute atomic E-state index is 3.88. The Balaban J connectivity index is 1.81. The van der Waals surface area contributed by atoms with Crippen LogP contribution in [0.25, 0.3) is 72.0 Å². The number of rotatable bonds is 6. The Morgan fingerprint density at radius 2 is 1.12 bits per heavy atom. The second-order valence-corrected chi connectivity index (χ2v) is 11.6. The third-order valence-electron chi connectivity index (χ3n) is 8.27. The molecule has 0 bridgehead atoms. The second-order valence-electron chi connectivity index (χ2n) is 10.7. The number of halogens is 1. The zero-order valence-corrected chi connectivity index (χ0v) is 25.5. The smallest absolute Gasteiger partial charge is 0.0254 e. The molecule has 0 aromatic heterocycles. The SMILES string of the molecule is C/C=C\C(=C/CC)c1c(-c2ccccc2)c(-c2ccccc2)c(-c2ccccc2)c2c1-c1ccc(Br)c3cccc-2c13. The lowest BCUT2D eigenvalue weighted by Gasteiger charge is -2.26. The third kappa shape index (κ3) is 4.19. The molecule has 0 saturated heterocycles. The standard InChI is InChI=1S/C41H31Br/c1-3-15-27(16-4-2)37-35(28-17-8-5-9-18-28)36(29-19-10-6-11-20-29)38(30-21-12-7-13-22-30)40-32-24-14-23-31-34(42)26-25-33(39(31)32)41(37)40/h3,5-26H,4H2,1-2H3/b15-3-,27-16+. The molecule has 0 N–H and O–H groups in total. The molecule has 7 rings (SSSR count). The van der Waals surface area contributed by atoms with Gasteiger partial charge in [-0.3, -0.25) is 0 Å². The third-order valence-corrected chi connectivity index (χ3v) is 8.96. The highest BCUT2D eigenvalue weighted by Gasteiger charge is 2.34. The van der Waals surface area contributed by atoms with E-state index in [0.29, 0.717) is 0 Å². The molecule has 42 heavy (non-hydrogen) atoms. The summed E-state index contributed by atoms with van der Waals surface area (Å²) in [5.41, 5.74) is 15.3. The van der Waals surface area contributed by atoms with E-state index in [1.54, 1.807) is 0 Å². The molecule has 0 atom stereocenters. The van der Waals surface area contributed by atoms with Crippen molar-refractivity contribution < 1.29 is 0 Å². The van der Waals surface area contributed by atoms with Crippen molar-refractivity contribution >= 4 is 32.3 Å². The fraction of sp³-hybridized carbons (Fsp3) is 0.0732. The zero-order chi connectivity index (χ0) is 28.6. The van der Waals surface area contributed by atoms with Crippen molar-refractivity contribution in [3.8, 4) is 55.6 Å². The van der Waals surface area contributed by atoms with Gasteiger partial charge in [-0.2, -0.15) is 0 Å². The second kappa shape index (κ2) is 11.1. The van der Waals surface area contributed by atoms with E-state index in [1.165, 1.54) is 77.5 Å². The largest absolute Gasteiger partial charge is 0.0871 e. The molecular formula is C41H31Br. The first-order chi connectivity index (χ1) is 20.7. The first kappa shape index (κ1) is 26.4. The zero-order valence-electron chi connectivity index (χ0n) is 23.9. The fourth-order valence-corrected chi connectivity index (χ4v) is 7.16. The van der Waals surface area contributed by atoms with Gasteiger partial charge in [-0.05, 0) is 97.0 Å². The monoisotopic (exact) mass is 602 g/mol. The number of hydrogen-bond acceptors (Lipinski definition) is 0. The first-order valence-corrected chi connectivity index (χ1v) is 15.5. The highest BCUT2D eigenvalue weighted by atomic mass is 79.9. The minimum absolute atomic E-state index is 0.951. The number of hydrogen-bond donors (Lipinski definition) is 0. The number of fused-ring (bicyclic) bond motifs is 3.